The molecule has 1 aliphatic heterocycles. The number of furan rings is 1. The van der Waals surface area contributed by atoms with Gasteiger partial charge in [-0.15, -0.1) is 0 Å². The first-order valence-electron chi connectivity index (χ1n) is 9.84. The maximum Gasteiger partial charge on any atom is 0.224 e. The molecule has 28 heavy (non-hydrogen) atoms. The van der Waals surface area contributed by atoms with Crippen LogP contribution in [0.1, 0.15) is 30.0 Å². The first-order valence-corrected chi connectivity index (χ1v) is 9.84. The number of methoxy groups -OCH3 is 1. The number of carbonyl (C=O) groups is 1. The molecule has 0 spiro atoms. The van der Waals surface area contributed by atoms with Gasteiger partial charge in [-0.05, 0) is 43.6 Å². The van der Waals surface area contributed by atoms with Crippen LogP contribution < -0.4 is 10.1 Å². The Morgan fingerprint density at radius 3 is 2.71 bits per heavy atom. The molecular weight excluding hydrogens is 352 g/mol. The summed E-state index contributed by atoms with van der Waals surface area (Å²) in [7, 11) is 1.63. The van der Waals surface area contributed by atoms with Crippen molar-refractivity contribution in [3.63, 3.8) is 0 Å². The van der Waals surface area contributed by atoms with Gasteiger partial charge in [-0.2, -0.15) is 0 Å². The van der Waals surface area contributed by atoms with Crippen LogP contribution in [0.2, 0.25) is 0 Å². The summed E-state index contributed by atoms with van der Waals surface area (Å²) in [6.07, 6.45) is 4.42. The van der Waals surface area contributed by atoms with Crippen molar-refractivity contribution in [2.45, 2.75) is 25.3 Å². The van der Waals surface area contributed by atoms with Crippen LogP contribution in [-0.4, -0.2) is 37.6 Å². The van der Waals surface area contributed by atoms with Crippen molar-refractivity contribution in [3.05, 3.63) is 65.9 Å². The fraction of sp³-hybridized carbons (Fsp3) is 0.348. The van der Waals surface area contributed by atoms with Crippen LogP contribution in [0.5, 0.6) is 5.75 Å². The molecular formula is C23H26N2O3. The predicted octanol–water partition coefficient (Wildman–Crippen LogP) is 3.94. The lowest BCUT2D eigenvalue weighted by molar-refractivity contribution is -0.120. The molecule has 1 amide bonds. The molecule has 1 fully saturated rings. The predicted molar refractivity (Wildman–Crippen MR) is 109 cm³/mol. The highest BCUT2D eigenvalue weighted by molar-refractivity contribution is 5.88. The summed E-state index contributed by atoms with van der Waals surface area (Å²) in [5, 5.41) is 4.09. The number of amides is 1. The Morgan fingerprint density at radius 1 is 1.18 bits per heavy atom. The maximum atomic E-state index is 12.6. The van der Waals surface area contributed by atoms with Gasteiger partial charge in [0.05, 0.1) is 25.8 Å². The first-order chi connectivity index (χ1) is 13.7. The van der Waals surface area contributed by atoms with E-state index in [2.05, 4.69) is 34.5 Å². The molecule has 3 aromatic rings. The number of ether oxygens (including phenoxy) is 1. The van der Waals surface area contributed by atoms with E-state index in [1.54, 1.807) is 13.4 Å². The minimum Gasteiger partial charge on any atom is -0.497 e. The summed E-state index contributed by atoms with van der Waals surface area (Å²) in [5.41, 5.74) is 2.89. The Hall–Kier alpha value is -2.79. The summed E-state index contributed by atoms with van der Waals surface area (Å²) >= 11 is 0. The first kappa shape index (κ1) is 18.6. The van der Waals surface area contributed by atoms with Crippen LogP contribution in [0.4, 0.5) is 0 Å². The second-order valence-corrected chi connectivity index (χ2v) is 7.27. The van der Waals surface area contributed by atoms with Crippen molar-refractivity contribution in [1.29, 1.82) is 0 Å². The third kappa shape index (κ3) is 4.04. The average Bonchev–Trinajstić information content (AvgIpc) is 3.39. The number of nitrogens with zero attached hydrogens (tertiary/aromatic N) is 1. The summed E-state index contributed by atoms with van der Waals surface area (Å²) in [6, 6.07) is 16.3. The molecule has 1 aliphatic rings. The van der Waals surface area contributed by atoms with E-state index < -0.39 is 0 Å². The van der Waals surface area contributed by atoms with E-state index in [4.69, 9.17) is 9.15 Å². The highest BCUT2D eigenvalue weighted by Gasteiger charge is 2.24. The molecule has 1 aromatic heterocycles. The molecule has 1 unspecified atom stereocenters. The van der Waals surface area contributed by atoms with Crippen LogP contribution >= 0.6 is 0 Å². The number of fused-ring (bicyclic) bond motifs is 1. The fourth-order valence-corrected chi connectivity index (χ4v) is 3.96. The van der Waals surface area contributed by atoms with Gasteiger partial charge >= 0.3 is 0 Å². The number of hydrogen-bond donors (Lipinski definition) is 1. The van der Waals surface area contributed by atoms with Crippen molar-refractivity contribution in [3.8, 4) is 5.75 Å². The molecule has 0 bridgehead atoms. The second-order valence-electron chi connectivity index (χ2n) is 7.27. The molecule has 146 valence electrons. The standard InChI is InChI=1S/C23H26N2O3/c1-27-19-9-10-20-18(16-28-22(20)14-19)13-23(26)24-15-21(25-11-5-6-12-25)17-7-3-2-4-8-17/h2-4,7-10,14,16,21H,5-6,11-13,15H2,1H3,(H,24,26). The summed E-state index contributed by atoms with van der Waals surface area (Å²) in [4.78, 5) is 15.1. The lowest BCUT2D eigenvalue weighted by Crippen LogP contribution is -2.37. The van der Waals surface area contributed by atoms with Crippen LogP contribution in [0.3, 0.4) is 0 Å². The van der Waals surface area contributed by atoms with Gasteiger partial charge in [-0.3, -0.25) is 9.69 Å². The van der Waals surface area contributed by atoms with Crippen molar-refractivity contribution < 1.29 is 13.9 Å². The Labute approximate surface area is 165 Å². The Bertz CT molecular complexity index is 929. The van der Waals surface area contributed by atoms with Crippen LogP contribution in [0.15, 0.2) is 59.2 Å². The molecule has 0 aliphatic carbocycles. The second kappa shape index (κ2) is 8.48. The third-order valence-corrected chi connectivity index (χ3v) is 5.47. The van der Waals surface area contributed by atoms with Gasteiger partial charge in [0.2, 0.25) is 5.91 Å². The van der Waals surface area contributed by atoms with E-state index in [0.717, 1.165) is 35.4 Å². The lowest BCUT2D eigenvalue weighted by Gasteiger charge is -2.28. The summed E-state index contributed by atoms with van der Waals surface area (Å²) in [6.45, 7) is 2.79. The number of benzene rings is 2. The van der Waals surface area contributed by atoms with Crippen molar-refractivity contribution in [2.24, 2.45) is 0 Å². The topological polar surface area (TPSA) is 54.7 Å². The molecule has 0 radical (unpaired) electrons. The Balaban J connectivity index is 1.42. The zero-order valence-corrected chi connectivity index (χ0v) is 16.2. The van der Waals surface area contributed by atoms with E-state index in [9.17, 15) is 4.79 Å². The zero-order chi connectivity index (χ0) is 19.3. The van der Waals surface area contributed by atoms with Crippen molar-refractivity contribution in [2.75, 3.05) is 26.7 Å². The molecule has 0 saturated carbocycles. The fourth-order valence-electron chi connectivity index (χ4n) is 3.96. The maximum absolute atomic E-state index is 12.6. The molecule has 4 rings (SSSR count). The largest absolute Gasteiger partial charge is 0.497 e. The zero-order valence-electron chi connectivity index (χ0n) is 16.2. The quantitative estimate of drug-likeness (QED) is 0.677. The van der Waals surface area contributed by atoms with Gasteiger partial charge in [0, 0.05) is 23.6 Å². The SMILES string of the molecule is COc1ccc2c(CC(=O)NCC(c3ccccc3)N3CCCC3)coc2c1. The number of hydrogen-bond acceptors (Lipinski definition) is 4. The van der Waals surface area contributed by atoms with Gasteiger partial charge in [-0.1, -0.05) is 30.3 Å². The van der Waals surface area contributed by atoms with Gasteiger partial charge in [0.25, 0.3) is 0 Å². The van der Waals surface area contributed by atoms with Crippen LogP contribution in [0, 0.1) is 0 Å². The van der Waals surface area contributed by atoms with Gasteiger partial charge in [-0.25, -0.2) is 0 Å². The minimum absolute atomic E-state index is 0.0126. The monoisotopic (exact) mass is 378 g/mol. The normalized spacial score (nSPS) is 15.6. The Kier molecular flexibility index (Phi) is 5.63. The van der Waals surface area contributed by atoms with E-state index >= 15 is 0 Å². The average molecular weight is 378 g/mol. The van der Waals surface area contributed by atoms with E-state index in [-0.39, 0.29) is 11.9 Å². The number of nitrogens with one attached hydrogen (secondary N) is 1. The van der Waals surface area contributed by atoms with Gasteiger partial charge in [0.1, 0.15) is 11.3 Å². The number of rotatable bonds is 7. The highest BCUT2D eigenvalue weighted by atomic mass is 16.5. The third-order valence-electron chi connectivity index (χ3n) is 5.47. The van der Waals surface area contributed by atoms with Crippen molar-refractivity contribution in [1.82, 2.24) is 10.2 Å². The van der Waals surface area contributed by atoms with Crippen LogP contribution in [0.25, 0.3) is 11.0 Å². The minimum atomic E-state index is 0.0126. The number of likely N-dealkylation sites (tertiary alicyclic amines) is 1. The van der Waals surface area contributed by atoms with E-state index in [1.165, 1.54) is 18.4 Å². The highest BCUT2D eigenvalue weighted by Crippen LogP contribution is 2.27. The molecule has 5 nitrogen and oxygen atoms in total. The smallest absolute Gasteiger partial charge is 0.224 e. The molecule has 2 aromatic carbocycles. The Morgan fingerprint density at radius 2 is 1.96 bits per heavy atom. The molecule has 5 heteroatoms. The van der Waals surface area contributed by atoms with Crippen LogP contribution in [-0.2, 0) is 11.2 Å². The van der Waals surface area contributed by atoms with Gasteiger partial charge in [0.15, 0.2) is 0 Å². The molecule has 2 heterocycles. The van der Waals surface area contributed by atoms with E-state index in [0.29, 0.717) is 13.0 Å². The van der Waals surface area contributed by atoms with Gasteiger partial charge < -0.3 is 14.5 Å². The summed E-state index contributed by atoms with van der Waals surface area (Å²) < 4.78 is 10.8. The molecule has 1 atom stereocenters. The lowest BCUT2D eigenvalue weighted by atomic mass is 10.1. The molecule has 1 saturated heterocycles. The number of carbonyl (C=O) groups excluding carboxylic acids is 1. The van der Waals surface area contributed by atoms with E-state index in [1.807, 2.05) is 24.3 Å². The molecule has 1 N–H and O–H groups in total. The van der Waals surface area contributed by atoms with Crippen molar-refractivity contribution >= 4 is 16.9 Å². The summed E-state index contributed by atoms with van der Waals surface area (Å²) in [5.74, 6) is 0.757.